The molecule has 0 saturated carbocycles. The number of benzene rings is 1. The van der Waals surface area contributed by atoms with Gasteiger partial charge in [0.25, 0.3) is 0 Å². The zero-order chi connectivity index (χ0) is 11.8. The number of amides is 1. The second-order valence-corrected chi connectivity index (χ2v) is 4.29. The molecule has 0 saturated heterocycles. The number of primary amides is 1. The highest BCUT2D eigenvalue weighted by atomic mass is 16.1. The lowest BCUT2D eigenvalue weighted by molar-refractivity contribution is -0.122. The third-order valence-electron chi connectivity index (χ3n) is 2.72. The summed E-state index contributed by atoms with van der Waals surface area (Å²) in [6, 6.07) is 3.48. The van der Waals surface area contributed by atoms with Gasteiger partial charge in [-0.2, -0.15) is 0 Å². The van der Waals surface area contributed by atoms with Gasteiger partial charge in [-0.25, -0.2) is 0 Å². The van der Waals surface area contributed by atoms with Crippen LogP contribution in [0.25, 0.3) is 0 Å². The van der Waals surface area contributed by atoms with Crippen LogP contribution in [-0.4, -0.2) is 5.91 Å². The minimum absolute atomic E-state index is 0.380. The van der Waals surface area contributed by atoms with Crippen molar-refractivity contribution in [3.63, 3.8) is 0 Å². The minimum atomic E-state index is -0.730. The molecule has 4 heteroatoms. The summed E-state index contributed by atoms with van der Waals surface area (Å²) in [5, 5.41) is 0. The molecule has 1 aromatic carbocycles. The van der Waals surface area contributed by atoms with Gasteiger partial charge in [0, 0.05) is 0 Å². The first-order valence-corrected chi connectivity index (χ1v) is 4.72. The Kier molecular flexibility index (Phi) is 2.62. The molecule has 1 aromatic rings. The van der Waals surface area contributed by atoms with Crippen molar-refractivity contribution in [1.82, 2.24) is 0 Å². The van der Waals surface area contributed by atoms with Crippen molar-refractivity contribution >= 4 is 17.3 Å². The zero-order valence-corrected chi connectivity index (χ0v) is 9.29. The predicted molar refractivity (Wildman–Crippen MR) is 62.2 cm³/mol. The van der Waals surface area contributed by atoms with E-state index in [1.165, 1.54) is 0 Å². The Morgan fingerprint density at radius 3 is 2.13 bits per heavy atom. The quantitative estimate of drug-likeness (QED) is 0.629. The molecule has 0 aromatic heterocycles. The van der Waals surface area contributed by atoms with Crippen molar-refractivity contribution in [3.05, 3.63) is 23.3 Å². The van der Waals surface area contributed by atoms with E-state index in [1.54, 1.807) is 26.0 Å². The van der Waals surface area contributed by atoms with E-state index in [4.69, 9.17) is 17.2 Å². The van der Waals surface area contributed by atoms with E-state index in [-0.39, 0.29) is 5.91 Å². The molecule has 0 unspecified atom stereocenters. The summed E-state index contributed by atoms with van der Waals surface area (Å²) in [5.41, 5.74) is 18.7. The molecule has 0 aliphatic rings. The van der Waals surface area contributed by atoms with Crippen LogP contribution >= 0.6 is 0 Å². The first kappa shape index (κ1) is 11.4. The molecule has 0 radical (unpaired) electrons. The second kappa shape index (κ2) is 3.46. The summed E-state index contributed by atoms with van der Waals surface area (Å²) in [6.07, 6.45) is 0. The Hall–Kier alpha value is -1.71. The summed E-state index contributed by atoms with van der Waals surface area (Å²) in [6.45, 7) is 5.43. The molecule has 4 nitrogen and oxygen atoms in total. The molecule has 0 aliphatic heterocycles. The highest BCUT2D eigenvalue weighted by Crippen LogP contribution is 2.30. The number of nitrogen functional groups attached to an aromatic ring is 2. The van der Waals surface area contributed by atoms with Crippen molar-refractivity contribution in [2.45, 2.75) is 26.2 Å². The Morgan fingerprint density at radius 2 is 1.67 bits per heavy atom. The van der Waals surface area contributed by atoms with Crippen LogP contribution in [0.1, 0.15) is 25.0 Å². The fourth-order valence-electron chi connectivity index (χ4n) is 1.55. The van der Waals surface area contributed by atoms with Crippen molar-refractivity contribution in [3.8, 4) is 0 Å². The number of hydrogen-bond donors (Lipinski definition) is 3. The molecule has 0 heterocycles. The topological polar surface area (TPSA) is 95.1 Å². The molecule has 0 bridgehead atoms. The van der Waals surface area contributed by atoms with Crippen LogP contribution in [-0.2, 0) is 10.2 Å². The van der Waals surface area contributed by atoms with E-state index < -0.39 is 5.41 Å². The van der Waals surface area contributed by atoms with Gasteiger partial charge in [-0.05, 0) is 44.0 Å². The Balaban J connectivity index is 3.38. The molecular weight excluding hydrogens is 190 g/mol. The van der Waals surface area contributed by atoms with Crippen LogP contribution in [0.15, 0.2) is 12.1 Å². The normalized spacial score (nSPS) is 11.4. The maximum Gasteiger partial charge on any atom is 0.227 e. The first-order valence-electron chi connectivity index (χ1n) is 4.72. The fraction of sp³-hybridized carbons (Fsp3) is 0.364. The van der Waals surface area contributed by atoms with Crippen LogP contribution in [0.5, 0.6) is 0 Å². The van der Waals surface area contributed by atoms with Gasteiger partial charge in [-0.3, -0.25) is 4.79 Å². The number of carbonyl (C=O) groups is 1. The van der Waals surface area contributed by atoms with E-state index in [2.05, 4.69) is 0 Å². The summed E-state index contributed by atoms with van der Waals surface area (Å²) in [4.78, 5) is 11.3. The molecule has 82 valence electrons. The summed E-state index contributed by atoms with van der Waals surface area (Å²) >= 11 is 0. The van der Waals surface area contributed by atoms with Gasteiger partial charge in [0.1, 0.15) is 0 Å². The maximum atomic E-state index is 11.3. The average Bonchev–Trinajstić information content (AvgIpc) is 2.10. The minimum Gasteiger partial charge on any atom is -0.397 e. The SMILES string of the molecule is Cc1cc(N)c(N)cc1C(C)(C)C(N)=O. The van der Waals surface area contributed by atoms with E-state index in [0.717, 1.165) is 11.1 Å². The van der Waals surface area contributed by atoms with E-state index in [1.807, 2.05) is 6.92 Å². The van der Waals surface area contributed by atoms with Gasteiger partial charge >= 0.3 is 0 Å². The molecule has 15 heavy (non-hydrogen) atoms. The summed E-state index contributed by atoms with van der Waals surface area (Å²) in [7, 11) is 0. The van der Waals surface area contributed by atoms with Gasteiger partial charge in [-0.1, -0.05) is 0 Å². The van der Waals surface area contributed by atoms with Gasteiger partial charge in [-0.15, -0.1) is 0 Å². The van der Waals surface area contributed by atoms with Gasteiger partial charge in [0.05, 0.1) is 16.8 Å². The lowest BCUT2D eigenvalue weighted by atomic mass is 9.81. The molecule has 1 rings (SSSR count). The molecule has 0 spiro atoms. The third kappa shape index (κ3) is 1.88. The van der Waals surface area contributed by atoms with E-state index >= 15 is 0 Å². The second-order valence-electron chi connectivity index (χ2n) is 4.29. The first-order chi connectivity index (χ1) is 6.76. The Morgan fingerprint density at radius 1 is 1.20 bits per heavy atom. The number of nitrogens with two attached hydrogens (primary N) is 3. The fourth-order valence-corrected chi connectivity index (χ4v) is 1.55. The van der Waals surface area contributed by atoms with Crippen molar-refractivity contribution in [2.75, 3.05) is 11.5 Å². The highest BCUT2D eigenvalue weighted by molar-refractivity contribution is 5.87. The van der Waals surface area contributed by atoms with Crippen molar-refractivity contribution < 1.29 is 4.79 Å². The molecule has 6 N–H and O–H groups in total. The largest absolute Gasteiger partial charge is 0.397 e. The summed E-state index contributed by atoms with van der Waals surface area (Å²) in [5.74, 6) is -0.380. The standard InChI is InChI=1S/C11H17N3O/c1-6-4-8(12)9(13)5-7(6)11(2,3)10(14)15/h4-5H,12-13H2,1-3H3,(H2,14,15). The third-order valence-corrected chi connectivity index (χ3v) is 2.72. The predicted octanol–water partition coefficient (Wildman–Crippen LogP) is 0.922. The highest BCUT2D eigenvalue weighted by Gasteiger charge is 2.29. The molecular formula is C11H17N3O. The van der Waals surface area contributed by atoms with Crippen LogP contribution < -0.4 is 17.2 Å². The lowest BCUT2D eigenvalue weighted by Crippen LogP contribution is -2.36. The lowest BCUT2D eigenvalue weighted by Gasteiger charge is -2.24. The van der Waals surface area contributed by atoms with Crippen LogP contribution in [0, 0.1) is 6.92 Å². The number of anilines is 2. The van der Waals surface area contributed by atoms with E-state index in [9.17, 15) is 4.79 Å². The van der Waals surface area contributed by atoms with Crippen LogP contribution in [0.4, 0.5) is 11.4 Å². The molecule has 0 fully saturated rings. The Bertz CT molecular complexity index is 411. The molecule has 1 amide bonds. The van der Waals surface area contributed by atoms with Crippen molar-refractivity contribution in [1.29, 1.82) is 0 Å². The number of hydrogen-bond acceptors (Lipinski definition) is 3. The maximum absolute atomic E-state index is 11.3. The molecule has 0 aliphatic carbocycles. The van der Waals surface area contributed by atoms with E-state index in [0.29, 0.717) is 11.4 Å². The smallest absolute Gasteiger partial charge is 0.227 e. The van der Waals surface area contributed by atoms with Gasteiger partial charge < -0.3 is 17.2 Å². The summed E-state index contributed by atoms with van der Waals surface area (Å²) < 4.78 is 0. The average molecular weight is 207 g/mol. The van der Waals surface area contributed by atoms with Crippen LogP contribution in [0.3, 0.4) is 0 Å². The number of carbonyl (C=O) groups excluding carboxylic acids is 1. The van der Waals surface area contributed by atoms with Crippen molar-refractivity contribution in [2.24, 2.45) is 5.73 Å². The van der Waals surface area contributed by atoms with Crippen LogP contribution in [0.2, 0.25) is 0 Å². The Labute approximate surface area is 89.4 Å². The zero-order valence-electron chi connectivity index (χ0n) is 9.29. The van der Waals surface area contributed by atoms with Gasteiger partial charge in [0.15, 0.2) is 0 Å². The number of rotatable bonds is 2. The van der Waals surface area contributed by atoms with Gasteiger partial charge in [0.2, 0.25) is 5.91 Å². The number of aryl methyl sites for hydroxylation is 1. The molecule has 0 atom stereocenters. The monoisotopic (exact) mass is 207 g/mol.